The van der Waals surface area contributed by atoms with Crippen molar-refractivity contribution in [2.24, 2.45) is 0 Å². The van der Waals surface area contributed by atoms with Crippen LogP contribution in [0.1, 0.15) is 17.5 Å². The third kappa shape index (κ3) is 2.23. The van der Waals surface area contributed by atoms with Gasteiger partial charge in [-0.3, -0.25) is 4.79 Å². The van der Waals surface area contributed by atoms with Crippen LogP contribution in [0.3, 0.4) is 0 Å². The molecule has 0 spiro atoms. The van der Waals surface area contributed by atoms with Crippen molar-refractivity contribution in [2.75, 3.05) is 38.1 Å². The number of Topliss-reactive ketones (excluding diaryl/α,β-unsaturated/α-hetero) is 1. The van der Waals surface area contributed by atoms with E-state index in [4.69, 9.17) is 16.0 Å². The van der Waals surface area contributed by atoms with Crippen LogP contribution in [0.15, 0.2) is 10.5 Å². The average molecular weight is 243 g/mol. The Balaban J connectivity index is 2.17. The van der Waals surface area contributed by atoms with Gasteiger partial charge in [-0.25, -0.2) is 0 Å². The van der Waals surface area contributed by atoms with Crippen molar-refractivity contribution in [1.29, 1.82) is 0 Å². The lowest BCUT2D eigenvalue weighted by atomic mass is 10.3. The van der Waals surface area contributed by atoms with Crippen LogP contribution < -0.4 is 4.90 Å². The number of likely N-dealkylation sites (N-methyl/N-ethyl adjacent to an activating group) is 1. The van der Waals surface area contributed by atoms with Gasteiger partial charge in [0.2, 0.25) is 5.88 Å². The minimum absolute atomic E-state index is 0.0951. The fraction of sp³-hybridized carbons (Fsp3) is 0.545. The number of carbonyl (C=O) groups is 1. The second kappa shape index (κ2) is 4.47. The van der Waals surface area contributed by atoms with Crippen LogP contribution in [0.25, 0.3) is 0 Å². The van der Waals surface area contributed by atoms with E-state index in [0.717, 1.165) is 26.2 Å². The third-order valence-corrected chi connectivity index (χ3v) is 3.08. The molecule has 1 aromatic rings. The maximum absolute atomic E-state index is 11.2. The van der Waals surface area contributed by atoms with Crippen molar-refractivity contribution in [2.45, 2.75) is 6.92 Å². The Hall–Kier alpha value is -1.00. The first kappa shape index (κ1) is 11.5. The molecule has 2 heterocycles. The minimum atomic E-state index is -0.0951. The van der Waals surface area contributed by atoms with Crippen molar-refractivity contribution in [3.05, 3.63) is 16.8 Å². The van der Waals surface area contributed by atoms with E-state index in [1.54, 1.807) is 6.07 Å². The molecule has 5 heteroatoms. The van der Waals surface area contributed by atoms with Gasteiger partial charge in [0.15, 0.2) is 11.5 Å². The molecule has 1 aliphatic rings. The predicted octanol–water partition coefficient (Wildman–Crippen LogP) is 1.89. The average Bonchev–Trinajstić information content (AvgIpc) is 2.62. The molecule has 0 aromatic carbocycles. The molecular formula is C11H15ClN2O2. The van der Waals surface area contributed by atoms with Crippen LogP contribution in [0.5, 0.6) is 0 Å². The molecule has 2 rings (SSSR count). The van der Waals surface area contributed by atoms with E-state index in [0.29, 0.717) is 16.7 Å². The van der Waals surface area contributed by atoms with Crippen LogP contribution in [0.4, 0.5) is 5.88 Å². The Morgan fingerprint density at radius 2 is 2.00 bits per heavy atom. The fourth-order valence-electron chi connectivity index (χ4n) is 1.76. The monoisotopic (exact) mass is 242 g/mol. The summed E-state index contributed by atoms with van der Waals surface area (Å²) in [5.74, 6) is 0.862. The van der Waals surface area contributed by atoms with E-state index in [2.05, 4.69) is 16.8 Å². The Bertz CT molecular complexity index is 395. The number of nitrogens with zero attached hydrogens (tertiary/aromatic N) is 2. The number of carbonyl (C=O) groups excluding carboxylic acids is 1. The molecular weight excluding hydrogens is 228 g/mol. The molecule has 1 aromatic heterocycles. The van der Waals surface area contributed by atoms with Crippen LogP contribution in [0, 0.1) is 0 Å². The Kier molecular flexibility index (Phi) is 3.21. The van der Waals surface area contributed by atoms with E-state index in [1.807, 2.05) is 0 Å². The molecule has 0 unspecified atom stereocenters. The van der Waals surface area contributed by atoms with Gasteiger partial charge in [0.25, 0.3) is 0 Å². The van der Waals surface area contributed by atoms with E-state index in [-0.39, 0.29) is 5.78 Å². The molecule has 1 saturated heterocycles. The van der Waals surface area contributed by atoms with Gasteiger partial charge in [0.05, 0.1) is 0 Å². The summed E-state index contributed by atoms with van der Waals surface area (Å²) in [6, 6.07) is 1.59. The molecule has 4 nitrogen and oxygen atoms in total. The summed E-state index contributed by atoms with van der Waals surface area (Å²) in [5.41, 5.74) is 0. The molecule has 1 fully saturated rings. The van der Waals surface area contributed by atoms with Gasteiger partial charge < -0.3 is 14.2 Å². The first-order valence-electron chi connectivity index (χ1n) is 5.31. The van der Waals surface area contributed by atoms with E-state index in [1.165, 1.54) is 6.92 Å². The molecule has 0 saturated carbocycles. The third-order valence-electron chi connectivity index (χ3n) is 2.81. The molecule has 88 valence electrons. The maximum Gasteiger partial charge on any atom is 0.215 e. The highest BCUT2D eigenvalue weighted by atomic mass is 35.5. The molecule has 0 N–H and O–H groups in total. The van der Waals surface area contributed by atoms with Gasteiger partial charge in [-0.1, -0.05) is 11.6 Å². The number of piperazine rings is 1. The SMILES string of the molecule is CC(=O)c1cc(Cl)c(N2CCN(C)CC2)o1. The largest absolute Gasteiger partial charge is 0.436 e. The second-order valence-corrected chi connectivity index (χ2v) is 4.52. The van der Waals surface area contributed by atoms with Gasteiger partial charge in [0.1, 0.15) is 5.02 Å². The predicted molar refractivity (Wildman–Crippen MR) is 63.4 cm³/mol. The van der Waals surface area contributed by atoms with Crippen molar-refractivity contribution >= 4 is 23.3 Å². The van der Waals surface area contributed by atoms with Crippen molar-refractivity contribution < 1.29 is 9.21 Å². The van der Waals surface area contributed by atoms with Crippen LogP contribution in [-0.4, -0.2) is 43.9 Å². The zero-order chi connectivity index (χ0) is 11.7. The summed E-state index contributed by atoms with van der Waals surface area (Å²) in [4.78, 5) is 15.5. The number of hydrogen-bond donors (Lipinski definition) is 0. The molecule has 1 aliphatic heterocycles. The first-order chi connectivity index (χ1) is 7.58. The Labute approximate surface area is 99.8 Å². The Morgan fingerprint density at radius 3 is 2.50 bits per heavy atom. The normalized spacial score (nSPS) is 17.8. The smallest absolute Gasteiger partial charge is 0.215 e. The van der Waals surface area contributed by atoms with E-state index >= 15 is 0 Å². The molecule has 0 bridgehead atoms. The number of anilines is 1. The van der Waals surface area contributed by atoms with Crippen molar-refractivity contribution in [3.63, 3.8) is 0 Å². The summed E-state index contributed by atoms with van der Waals surface area (Å²) in [7, 11) is 2.09. The lowest BCUT2D eigenvalue weighted by molar-refractivity contribution is 0.0987. The van der Waals surface area contributed by atoms with Crippen LogP contribution in [0.2, 0.25) is 5.02 Å². The quantitative estimate of drug-likeness (QED) is 0.743. The minimum Gasteiger partial charge on any atom is -0.436 e. The van der Waals surface area contributed by atoms with Crippen molar-refractivity contribution in [3.8, 4) is 0 Å². The number of hydrogen-bond acceptors (Lipinski definition) is 4. The van der Waals surface area contributed by atoms with Crippen LogP contribution >= 0.6 is 11.6 Å². The topological polar surface area (TPSA) is 36.7 Å². The number of halogens is 1. The van der Waals surface area contributed by atoms with E-state index < -0.39 is 0 Å². The molecule has 16 heavy (non-hydrogen) atoms. The molecule has 0 radical (unpaired) electrons. The van der Waals surface area contributed by atoms with Gasteiger partial charge in [-0.05, 0) is 7.05 Å². The lowest BCUT2D eigenvalue weighted by Crippen LogP contribution is -2.44. The first-order valence-corrected chi connectivity index (χ1v) is 5.69. The van der Waals surface area contributed by atoms with Gasteiger partial charge in [-0.2, -0.15) is 0 Å². The molecule has 0 atom stereocenters. The molecule has 0 amide bonds. The second-order valence-electron chi connectivity index (χ2n) is 4.11. The summed E-state index contributed by atoms with van der Waals surface area (Å²) in [6.07, 6.45) is 0. The van der Waals surface area contributed by atoms with Crippen molar-refractivity contribution in [1.82, 2.24) is 4.90 Å². The van der Waals surface area contributed by atoms with Gasteiger partial charge in [-0.15, -0.1) is 0 Å². The lowest BCUT2D eigenvalue weighted by Gasteiger charge is -2.32. The fourth-order valence-corrected chi connectivity index (χ4v) is 2.02. The number of furan rings is 1. The van der Waals surface area contributed by atoms with Crippen LogP contribution in [-0.2, 0) is 0 Å². The summed E-state index contributed by atoms with van der Waals surface area (Å²) in [6.45, 7) is 5.18. The summed E-state index contributed by atoms with van der Waals surface area (Å²) in [5, 5.41) is 0.523. The van der Waals surface area contributed by atoms with E-state index in [9.17, 15) is 4.79 Å². The molecule has 0 aliphatic carbocycles. The highest BCUT2D eigenvalue weighted by Crippen LogP contribution is 2.30. The maximum atomic E-state index is 11.2. The zero-order valence-electron chi connectivity index (χ0n) is 9.49. The Morgan fingerprint density at radius 1 is 1.38 bits per heavy atom. The standard InChI is InChI=1S/C11H15ClN2O2/c1-8(15)10-7-9(12)11(16-10)14-5-3-13(2)4-6-14/h7H,3-6H2,1-2H3. The zero-order valence-corrected chi connectivity index (χ0v) is 10.3. The summed E-state index contributed by atoms with van der Waals surface area (Å²) < 4.78 is 5.48. The number of ketones is 1. The summed E-state index contributed by atoms with van der Waals surface area (Å²) >= 11 is 6.06. The highest BCUT2D eigenvalue weighted by Gasteiger charge is 2.21. The highest BCUT2D eigenvalue weighted by molar-refractivity contribution is 6.33. The number of rotatable bonds is 2. The van der Waals surface area contributed by atoms with Gasteiger partial charge in [0, 0.05) is 39.2 Å². The van der Waals surface area contributed by atoms with Gasteiger partial charge >= 0.3 is 0 Å².